The summed E-state index contributed by atoms with van der Waals surface area (Å²) in [5.74, 6) is 0.988. The summed E-state index contributed by atoms with van der Waals surface area (Å²) in [5, 5.41) is 15.8. The van der Waals surface area contributed by atoms with E-state index in [0.717, 1.165) is 43.9 Å². The number of likely N-dealkylation sites (tertiary alicyclic amines) is 1. The summed E-state index contributed by atoms with van der Waals surface area (Å²) in [7, 11) is 0. The van der Waals surface area contributed by atoms with Crippen LogP contribution < -0.4 is 5.32 Å². The second-order valence-electron chi connectivity index (χ2n) is 5.58. The lowest BCUT2D eigenvalue weighted by atomic mass is 9.96. The lowest BCUT2D eigenvalue weighted by Gasteiger charge is -2.30. The van der Waals surface area contributed by atoms with Gasteiger partial charge in [0.25, 0.3) is 0 Å². The number of aliphatic hydroxyl groups is 1. The normalized spacial score (nSPS) is 18.9. The van der Waals surface area contributed by atoms with Gasteiger partial charge in [0, 0.05) is 18.5 Å². The Kier molecular flexibility index (Phi) is 5.14. The number of rotatable bonds is 5. The molecule has 1 atom stereocenters. The van der Waals surface area contributed by atoms with Crippen molar-refractivity contribution in [2.45, 2.75) is 39.3 Å². The molecule has 0 aromatic carbocycles. The van der Waals surface area contributed by atoms with Crippen molar-refractivity contribution >= 4 is 5.91 Å². The standard InChI is InChI=1S/C14H23N3O3/c1-10-7-13(20-16-10)9-17-5-3-12(4-6-17)14(19)15-8-11(2)18/h7,11-12,18H,3-6,8-9H2,1-2H3,(H,15,19). The summed E-state index contributed by atoms with van der Waals surface area (Å²) in [4.78, 5) is 14.2. The first-order valence-corrected chi connectivity index (χ1v) is 7.15. The van der Waals surface area contributed by atoms with E-state index in [-0.39, 0.29) is 11.8 Å². The lowest BCUT2D eigenvalue weighted by Crippen LogP contribution is -2.41. The highest BCUT2D eigenvalue weighted by atomic mass is 16.5. The monoisotopic (exact) mass is 281 g/mol. The first-order chi connectivity index (χ1) is 9.54. The molecule has 2 heterocycles. The van der Waals surface area contributed by atoms with Gasteiger partial charge >= 0.3 is 0 Å². The van der Waals surface area contributed by atoms with E-state index in [0.29, 0.717) is 6.54 Å². The highest BCUT2D eigenvalue weighted by Gasteiger charge is 2.25. The van der Waals surface area contributed by atoms with E-state index in [9.17, 15) is 4.79 Å². The van der Waals surface area contributed by atoms with Crippen LogP contribution in [0.15, 0.2) is 10.6 Å². The Hall–Kier alpha value is -1.40. The first kappa shape index (κ1) is 15.0. The molecule has 6 nitrogen and oxygen atoms in total. The number of nitrogens with one attached hydrogen (secondary N) is 1. The topological polar surface area (TPSA) is 78.6 Å². The molecule has 6 heteroatoms. The van der Waals surface area contributed by atoms with E-state index < -0.39 is 6.10 Å². The van der Waals surface area contributed by atoms with E-state index >= 15 is 0 Å². The van der Waals surface area contributed by atoms with Gasteiger partial charge in [0.2, 0.25) is 5.91 Å². The molecule has 1 aliphatic heterocycles. The smallest absolute Gasteiger partial charge is 0.223 e. The molecule has 1 fully saturated rings. The predicted molar refractivity (Wildman–Crippen MR) is 73.9 cm³/mol. The molecule has 1 aromatic heterocycles. The van der Waals surface area contributed by atoms with Crippen LogP contribution in [0.25, 0.3) is 0 Å². The van der Waals surface area contributed by atoms with Crippen LogP contribution in [0.4, 0.5) is 0 Å². The van der Waals surface area contributed by atoms with Crippen molar-refractivity contribution in [3.05, 3.63) is 17.5 Å². The third-order valence-electron chi connectivity index (χ3n) is 3.59. The average molecular weight is 281 g/mol. The van der Waals surface area contributed by atoms with E-state index in [2.05, 4.69) is 15.4 Å². The molecule has 112 valence electrons. The minimum atomic E-state index is -0.492. The van der Waals surface area contributed by atoms with Gasteiger partial charge in [0.05, 0.1) is 18.3 Å². The summed E-state index contributed by atoms with van der Waals surface area (Å²) in [6.45, 7) is 6.42. The first-order valence-electron chi connectivity index (χ1n) is 7.15. The fourth-order valence-corrected chi connectivity index (χ4v) is 2.46. The second kappa shape index (κ2) is 6.85. The summed E-state index contributed by atoms with van der Waals surface area (Å²) in [5.41, 5.74) is 0.896. The largest absolute Gasteiger partial charge is 0.392 e. The third kappa shape index (κ3) is 4.31. The Bertz CT molecular complexity index is 437. The van der Waals surface area contributed by atoms with Crippen LogP contribution in [-0.4, -0.2) is 46.8 Å². The van der Waals surface area contributed by atoms with Crippen molar-refractivity contribution in [3.8, 4) is 0 Å². The molecule has 20 heavy (non-hydrogen) atoms. The van der Waals surface area contributed by atoms with Crippen molar-refractivity contribution in [2.24, 2.45) is 5.92 Å². The number of carbonyl (C=O) groups excluding carboxylic acids is 1. The second-order valence-corrected chi connectivity index (χ2v) is 5.58. The number of aryl methyl sites for hydroxylation is 1. The highest BCUT2D eigenvalue weighted by Crippen LogP contribution is 2.19. The van der Waals surface area contributed by atoms with E-state index in [1.165, 1.54) is 0 Å². The number of nitrogens with zero attached hydrogens (tertiary/aromatic N) is 2. The molecule has 1 amide bonds. The molecule has 0 aliphatic carbocycles. The average Bonchev–Trinajstić information content (AvgIpc) is 2.82. The van der Waals surface area contributed by atoms with Crippen molar-refractivity contribution in [1.29, 1.82) is 0 Å². The number of piperidine rings is 1. The number of amides is 1. The molecule has 1 aromatic rings. The van der Waals surface area contributed by atoms with Gasteiger partial charge in [-0.1, -0.05) is 5.16 Å². The number of hydrogen-bond donors (Lipinski definition) is 2. The maximum absolute atomic E-state index is 11.9. The van der Waals surface area contributed by atoms with Gasteiger partial charge in [0.1, 0.15) is 0 Å². The van der Waals surface area contributed by atoms with Crippen molar-refractivity contribution in [1.82, 2.24) is 15.4 Å². The molecule has 2 rings (SSSR count). The van der Waals surface area contributed by atoms with Crippen molar-refractivity contribution in [3.63, 3.8) is 0 Å². The van der Waals surface area contributed by atoms with Gasteiger partial charge in [0.15, 0.2) is 5.76 Å². The van der Waals surface area contributed by atoms with Crippen LogP contribution in [0.2, 0.25) is 0 Å². The minimum Gasteiger partial charge on any atom is -0.392 e. The van der Waals surface area contributed by atoms with E-state index in [1.54, 1.807) is 6.92 Å². The summed E-state index contributed by atoms with van der Waals surface area (Å²) >= 11 is 0. The molecule has 0 spiro atoms. The Balaban J connectivity index is 1.73. The van der Waals surface area contributed by atoms with Gasteiger partial charge in [-0.3, -0.25) is 9.69 Å². The van der Waals surface area contributed by atoms with Crippen molar-refractivity contribution in [2.75, 3.05) is 19.6 Å². The molecular formula is C14H23N3O3. The van der Waals surface area contributed by atoms with Gasteiger partial charge in [-0.05, 0) is 39.8 Å². The van der Waals surface area contributed by atoms with Gasteiger partial charge < -0.3 is 14.9 Å². The molecule has 0 saturated carbocycles. The van der Waals surface area contributed by atoms with Crippen LogP contribution in [0, 0.1) is 12.8 Å². The highest BCUT2D eigenvalue weighted by molar-refractivity contribution is 5.78. The van der Waals surface area contributed by atoms with Crippen LogP contribution in [0.5, 0.6) is 0 Å². The zero-order valence-electron chi connectivity index (χ0n) is 12.1. The lowest BCUT2D eigenvalue weighted by molar-refractivity contribution is -0.126. The SMILES string of the molecule is Cc1cc(CN2CCC(C(=O)NCC(C)O)CC2)on1. The summed E-state index contributed by atoms with van der Waals surface area (Å²) in [6.07, 6.45) is 1.20. The van der Waals surface area contributed by atoms with Crippen LogP contribution in [0.1, 0.15) is 31.2 Å². The Morgan fingerprint density at radius 3 is 2.85 bits per heavy atom. The van der Waals surface area contributed by atoms with E-state index in [1.807, 2.05) is 13.0 Å². The molecule has 0 bridgehead atoms. The molecule has 1 unspecified atom stereocenters. The quantitative estimate of drug-likeness (QED) is 0.830. The summed E-state index contributed by atoms with van der Waals surface area (Å²) < 4.78 is 5.21. The maximum atomic E-state index is 11.9. The number of carbonyl (C=O) groups is 1. The van der Waals surface area contributed by atoms with Gasteiger partial charge in [-0.15, -0.1) is 0 Å². The Labute approximate surface area is 119 Å². The molecular weight excluding hydrogens is 258 g/mol. The fourth-order valence-electron chi connectivity index (χ4n) is 2.46. The summed E-state index contributed by atoms with van der Waals surface area (Å²) in [6, 6.07) is 1.95. The minimum absolute atomic E-state index is 0.0565. The number of aromatic nitrogens is 1. The van der Waals surface area contributed by atoms with Crippen LogP contribution in [0.3, 0.4) is 0 Å². The van der Waals surface area contributed by atoms with E-state index in [4.69, 9.17) is 9.63 Å². The fraction of sp³-hybridized carbons (Fsp3) is 0.714. The maximum Gasteiger partial charge on any atom is 0.223 e. The molecule has 1 aliphatic rings. The zero-order valence-corrected chi connectivity index (χ0v) is 12.1. The predicted octanol–water partition coefficient (Wildman–Crippen LogP) is 0.692. The van der Waals surface area contributed by atoms with Crippen LogP contribution >= 0.6 is 0 Å². The molecule has 2 N–H and O–H groups in total. The Morgan fingerprint density at radius 1 is 1.60 bits per heavy atom. The van der Waals surface area contributed by atoms with Crippen LogP contribution in [-0.2, 0) is 11.3 Å². The third-order valence-corrected chi connectivity index (χ3v) is 3.59. The number of hydrogen-bond acceptors (Lipinski definition) is 5. The van der Waals surface area contributed by atoms with Gasteiger partial charge in [-0.2, -0.15) is 0 Å². The van der Waals surface area contributed by atoms with Gasteiger partial charge in [-0.25, -0.2) is 0 Å². The zero-order chi connectivity index (χ0) is 14.5. The van der Waals surface area contributed by atoms with Crippen molar-refractivity contribution < 1.29 is 14.4 Å². The molecule has 0 radical (unpaired) electrons. The number of aliphatic hydroxyl groups excluding tert-OH is 1. The Morgan fingerprint density at radius 2 is 2.30 bits per heavy atom. The molecule has 1 saturated heterocycles.